The summed E-state index contributed by atoms with van der Waals surface area (Å²) in [5.41, 5.74) is -0.0212. The van der Waals surface area contributed by atoms with E-state index in [-0.39, 0.29) is 5.91 Å². The van der Waals surface area contributed by atoms with Crippen molar-refractivity contribution >= 4 is 11.6 Å². The van der Waals surface area contributed by atoms with Gasteiger partial charge < -0.3 is 19.7 Å². The number of carbonyl (C=O) groups excluding carboxylic acids is 1. The van der Waals surface area contributed by atoms with Crippen LogP contribution in [-0.2, 0) is 9.53 Å². The average molecular weight is 391 g/mol. The van der Waals surface area contributed by atoms with Gasteiger partial charge in [0.25, 0.3) is 5.91 Å². The van der Waals surface area contributed by atoms with Gasteiger partial charge >= 0.3 is 0 Å². The minimum Gasteiger partial charge on any atom is -0.494 e. The summed E-state index contributed by atoms with van der Waals surface area (Å²) < 4.78 is 11.6. The molecule has 1 aromatic rings. The lowest BCUT2D eigenvalue weighted by atomic mass is 9.99. The van der Waals surface area contributed by atoms with Gasteiger partial charge in [0.15, 0.2) is 0 Å². The maximum absolute atomic E-state index is 12.6. The van der Waals surface area contributed by atoms with Crippen molar-refractivity contribution in [1.82, 2.24) is 4.90 Å². The molecule has 1 amide bonds. The predicted molar refractivity (Wildman–Crippen MR) is 115 cm³/mol. The second kappa shape index (κ2) is 11.4. The van der Waals surface area contributed by atoms with Crippen molar-refractivity contribution in [3.05, 3.63) is 24.3 Å². The van der Waals surface area contributed by atoms with E-state index in [0.29, 0.717) is 13.0 Å². The van der Waals surface area contributed by atoms with Gasteiger partial charge in [0.1, 0.15) is 11.4 Å². The van der Waals surface area contributed by atoms with Crippen molar-refractivity contribution in [3.8, 4) is 5.75 Å². The molecule has 0 aromatic heterocycles. The molecule has 5 nitrogen and oxygen atoms in total. The molecule has 1 heterocycles. The first-order valence-electron chi connectivity index (χ1n) is 10.9. The van der Waals surface area contributed by atoms with Gasteiger partial charge in [-0.25, -0.2) is 0 Å². The zero-order valence-corrected chi connectivity index (χ0v) is 18.1. The van der Waals surface area contributed by atoms with E-state index in [1.165, 1.54) is 25.9 Å². The van der Waals surface area contributed by atoms with Crippen LogP contribution in [0, 0.1) is 5.92 Å². The SMILES string of the molecule is CCCC(C)(OCC)C(=O)Nc1ccc(OCCCN2CCC(C)CC2)cc1. The summed E-state index contributed by atoms with van der Waals surface area (Å²) in [6.45, 7) is 13.0. The minimum atomic E-state index is -0.787. The van der Waals surface area contributed by atoms with Gasteiger partial charge in [-0.3, -0.25) is 4.79 Å². The number of nitrogens with zero attached hydrogens (tertiary/aromatic N) is 1. The Morgan fingerprint density at radius 1 is 1.21 bits per heavy atom. The van der Waals surface area contributed by atoms with Crippen LogP contribution in [0.2, 0.25) is 0 Å². The van der Waals surface area contributed by atoms with E-state index in [1.54, 1.807) is 0 Å². The van der Waals surface area contributed by atoms with Crippen LogP contribution in [0.5, 0.6) is 5.75 Å². The number of hydrogen-bond acceptors (Lipinski definition) is 4. The van der Waals surface area contributed by atoms with E-state index >= 15 is 0 Å². The van der Waals surface area contributed by atoms with Crippen molar-refractivity contribution in [2.75, 3.05) is 38.2 Å². The number of likely N-dealkylation sites (tertiary alicyclic amines) is 1. The Bertz CT molecular complexity index is 574. The second-order valence-corrected chi connectivity index (χ2v) is 8.12. The number of piperidine rings is 1. The van der Waals surface area contributed by atoms with Gasteiger partial charge in [-0.1, -0.05) is 20.3 Å². The molecule has 1 unspecified atom stereocenters. The largest absolute Gasteiger partial charge is 0.494 e. The molecule has 2 rings (SSSR count). The van der Waals surface area contributed by atoms with Crippen LogP contribution in [0.1, 0.15) is 59.8 Å². The van der Waals surface area contributed by atoms with Crippen LogP contribution in [0.15, 0.2) is 24.3 Å². The molecule has 0 saturated carbocycles. The van der Waals surface area contributed by atoms with Crippen LogP contribution in [0.3, 0.4) is 0 Å². The number of amides is 1. The first-order chi connectivity index (χ1) is 13.5. The predicted octanol–water partition coefficient (Wildman–Crippen LogP) is 4.72. The molecule has 1 saturated heterocycles. The van der Waals surface area contributed by atoms with E-state index in [2.05, 4.69) is 24.1 Å². The second-order valence-electron chi connectivity index (χ2n) is 8.12. The number of benzene rings is 1. The number of nitrogens with one attached hydrogen (secondary N) is 1. The van der Waals surface area contributed by atoms with Crippen molar-refractivity contribution < 1.29 is 14.3 Å². The number of anilines is 1. The van der Waals surface area contributed by atoms with E-state index < -0.39 is 5.60 Å². The van der Waals surface area contributed by atoms with Gasteiger partial charge in [0.05, 0.1) is 6.61 Å². The highest BCUT2D eigenvalue weighted by atomic mass is 16.5. The highest BCUT2D eigenvalue weighted by molar-refractivity contribution is 5.97. The molecule has 1 aliphatic heterocycles. The van der Waals surface area contributed by atoms with Gasteiger partial charge in [-0.05, 0) is 82.8 Å². The van der Waals surface area contributed by atoms with Crippen molar-refractivity contribution in [1.29, 1.82) is 0 Å². The highest BCUT2D eigenvalue weighted by Gasteiger charge is 2.32. The number of ether oxygens (including phenoxy) is 2. The summed E-state index contributed by atoms with van der Waals surface area (Å²) in [5, 5.41) is 2.97. The summed E-state index contributed by atoms with van der Waals surface area (Å²) in [6, 6.07) is 7.60. The highest BCUT2D eigenvalue weighted by Crippen LogP contribution is 2.22. The molecule has 1 N–H and O–H groups in total. The van der Waals surface area contributed by atoms with Crippen LogP contribution in [-0.4, -0.2) is 49.3 Å². The van der Waals surface area contributed by atoms with Crippen molar-refractivity contribution in [2.45, 2.75) is 65.4 Å². The average Bonchev–Trinajstić information content (AvgIpc) is 2.68. The Morgan fingerprint density at radius 3 is 2.50 bits per heavy atom. The van der Waals surface area contributed by atoms with Crippen LogP contribution >= 0.6 is 0 Å². The topological polar surface area (TPSA) is 50.8 Å². The molecule has 158 valence electrons. The summed E-state index contributed by atoms with van der Waals surface area (Å²) >= 11 is 0. The van der Waals surface area contributed by atoms with E-state index in [4.69, 9.17) is 9.47 Å². The molecule has 28 heavy (non-hydrogen) atoms. The Balaban J connectivity index is 1.74. The zero-order chi connectivity index (χ0) is 20.4. The van der Waals surface area contributed by atoms with Crippen molar-refractivity contribution in [2.24, 2.45) is 5.92 Å². The molecular weight excluding hydrogens is 352 g/mol. The molecule has 1 aliphatic rings. The maximum Gasteiger partial charge on any atom is 0.256 e. The fraction of sp³-hybridized carbons (Fsp3) is 0.696. The Hall–Kier alpha value is -1.59. The summed E-state index contributed by atoms with van der Waals surface area (Å²) in [7, 11) is 0. The summed E-state index contributed by atoms with van der Waals surface area (Å²) in [4.78, 5) is 15.1. The molecule has 5 heteroatoms. The van der Waals surface area contributed by atoms with E-state index in [1.807, 2.05) is 38.1 Å². The van der Waals surface area contributed by atoms with Crippen molar-refractivity contribution in [3.63, 3.8) is 0 Å². The van der Waals surface area contributed by atoms with E-state index in [0.717, 1.165) is 43.3 Å². The standard InChI is InChI=1S/C23H38N2O3/c1-5-14-23(4,28-6-2)22(26)24-20-8-10-21(11-9-20)27-18-7-15-25-16-12-19(3)13-17-25/h8-11,19H,5-7,12-18H2,1-4H3,(H,24,26). The van der Waals surface area contributed by atoms with Gasteiger partial charge in [0.2, 0.25) is 0 Å². The lowest BCUT2D eigenvalue weighted by molar-refractivity contribution is -0.139. The molecule has 1 atom stereocenters. The zero-order valence-electron chi connectivity index (χ0n) is 18.1. The first-order valence-corrected chi connectivity index (χ1v) is 10.9. The minimum absolute atomic E-state index is 0.0966. The summed E-state index contributed by atoms with van der Waals surface area (Å²) in [5.74, 6) is 1.62. The fourth-order valence-electron chi connectivity index (χ4n) is 3.71. The van der Waals surface area contributed by atoms with Gasteiger partial charge in [0, 0.05) is 18.8 Å². The molecule has 0 bridgehead atoms. The number of rotatable bonds is 11. The monoisotopic (exact) mass is 390 g/mol. The molecule has 1 aromatic carbocycles. The van der Waals surface area contributed by atoms with Crippen LogP contribution < -0.4 is 10.1 Å². The summed E-state index contributed by atoms with van der Waals surface area (Å²) in [6.07, 6.45) is 5.26. The molecule has 0 spiro atoms. The molecule has 0 radical (unpaired) electrons. The van der Waals surface area contributed by atoms with Gasteiger partial charge in [-0.15, -0.1) is 0 Å². The van der Waals surface area contributed by atoms with Gasteiger partial charge in [-0.2, -0.15) is 0 Å². The normalized spacial score (nSPS) is 17.9. The molecular formula is C23H38N2O3. The molecule has 1 fully saturated rings. The number of hydrogen-bond donors (Lipinski definition) is 1. The maximum atomic E-state index is 12.6. The molecule has 0 aliphatic carbocycles. The lowest BCUT2D eigenvalue weighted by Crippen LogP contribution is -2.42. The Morgan fingerprint density at radius 2 is 1.89 bits per heavy atom. The Kier molecular flexibility index (Phi) is 9.26. The fourth-order valence-corrected chi connectivity index (χ4v) is 3.71. The van der Waals surface area contributed by atoms with E-state index in [9.17, 15) is 4.79 Å². The lowest BCUT2D eigenvalue weighted by Gasteiger charge is -2.30. The number of carbonyl (C=O) groups is 1. The van der Waals surface area contributed by atoms with Crippen LogP contribution in [0.4, 0.5) is 5.69 Å². The van der Waals surface area contributed by atoms with Crippen LogP contribution in [0.25, 0.3) is 0 Å². The Labute approximate surface area is 170 Å². The first kappa shape index (κ1) is 22.7. The quantitative estimate of drug-likeness (QED) is 0.556. The smallest absolute Gasteiger partial charge is 0.256 e. The third-order valence-electron chi connectivity index (χ3n) is 5.55. The third-order valence-corrected chi connectivity index (χ3v) is 5.55. The third kappa shape index (κ3) is 7.10.